The second-order valence-electron chi connectivity index (χ2n) is 5.14. The van der Waals surface area contributed by atoms with Gasteiger partial charge in [0.25, 0.3) is 0 Å². The average molecular weight is 277 g/mol. The van der Waals surface area contributed by atoms with Crippen LogP contribution in [0.4, 0.5) is 0 Å². The molecule has 0 aliphatic carbocycles. The zero-order valence-electron chi connectivity index (χ0n) is 12.8. The van der Waals surface area contributed by atoms with Crippen LogP contribution in [-0.4, -0.2) is 26.7 Å². The fourth-order valence-corrected chi connectivity index (χ4v) is 2.62. The topological polar surface area (TPSA) is 70.9 Å². The summed E-state index contributed by atoms with van der Waals surface area (Å²) in [6.07, 6.45) is 3.44. The molecule has 6 heteroatoms. The fourth-order valence-electron chi connectivity index (χ4n) is 2.62. The zero-order valence-corrected chi connectivity index (χ0v) is 12.8. The van der Waals surface area contributed by atoms with Crippen molar-refractivity contribution in [2.45, 2.75) is 32.7 Å². The molecule has 110 valence electrons. The van der Waals surface area contributed by atoms with Crippen LogP contribution in [0.1, 0.15) is 35.1 Å². The van der Waals surface area contributed by atoms with Gasteiger partial charge in [-0.3, -0.25) is 9.36 Å². The average Bonchev–Trinajstić information content (AvgIpc) is 2.89. The van der Waals surface area contributed by atoms with Crippen molar-refractivity contribution in [2.24, 2.45) is 19.8 Å². The second kappa shape index (κ2) is 5.66. The van der Waals surface area contributed by atoms with E-state index in [4.69, 9.17) is 10.5 Å². The van der Waals surface area contributed by atoms with Crippen molar-refractivity contribution < 1.29 is 4.74 Å². The minimum atomic E-state index is -0.101. The number of nitrogens with zero attached hydrogens (tertiary/aromatic N) is 4. The Labute approximate surface area is 119 Å². The normalized spacial score (nSPS) is 12.7. The standard InChI is InChI=1S/C14H23N5O/c1-9-11(10(2)18(3)17-9)6-7-12(15)14-13(20-5)8-16-19(14)4/h8,12H,6-7,15H2,1-5H3. The lowest BCUT2D eigenvalue weighted by molar-refractivity contribution is 0.401. The van der Waals surface area contributed by atoms with Crippen molar-refractivity contribution in [3.63, 3.8) is 0 Å². The molecule has 0 aliphatic rings. The summed E-state index contributed by atoms with van der Waals surface area (Å²) in [6, 6.07) is -0.101. The minimum absolute atomic E-state index is 0.101. The zero-order chi connectivity index (χ0) is 14.9. The molecule has 0 spiro atoms. The van der Waals surface area contributed by atoms with Gasteiger partial charge in [0, 0.05) is 19.8 Å². The quantitative estimate of drug-likeness (QED) is 0.897. The molecule has 0 radical (unpaired) electrons. The van der Waals surface area contributed by atoms with Crippen molar-refractivity contribution in [3.8, 4) is 5.75 Å². The number of ether oxygens (including phenoxy) is 1. The van der Waals surface area contributed by atoms with E-state index in [9.17, 15) is 0 Å². The Bertz CT molecular complexity index is 599. The summed E-state index contributed by atoms with van der Waals surface area (Å²) in [5.41, 5.74) is 10.8. The molecule has 0 saturated heterocycles. The van der Waals surface area contributed by atoms with Crippen LogP contribution < -0.4 is 10.5 Å². The van der Waals surface area contributed by atoms with Gasteiger partial charge in [-0.25, -0.2) is 0 Å². The van der Waals surface area contributed by atoms with Gasteiger partial charge in [-0.05, 0) is 32.3 Å². The first-order chi connectivity index (χ1) is 9.45. The van der Waals surface area contributed by atoms with E-state index in [2.05, 4.69) is 17.1 Å². The third-order valence-electron chi connectivity index (χ3n) is 3.88. The number of rotatable bonds is 5. The number of hydrogen-bond acceptors (Lipinski definition) is 4. The lowest BCUT2D eigenvalue weighted by atomic mass is 10.0. The predicted octanol–water partition coefficient (Wildman–Crippen LogP) is 1.41. The van der Waals surface area contributed by atoms with Gasteiger partial charge >= 0.3 is 0 Å². The molecule has 0 fully saturated rings. The minimum Gasteiger partial charge on any atom is -0.493 e. The summed E-state index contributed by atoms with van der Waals surface area (Å²) < 4.78 is 9.01. The molecule has 2 heterocycles. The van der Waals surface area contributed by atoms with Crippen LogP contribution in [0.25, 0.3) is 0 Å². The van der Waals surface area contributed by atoms with Crippen LogP contribution in [0.15, 0.2) is 6.20 Å². The molecular formula is C14H23N5O. The molecular weight excluding hydrogens is 254 g/mol. The van der Waals surface area contributed by atoms with Gasteiger partial charge in [-0.15, -0.1) is 0 Å². The predicted molar refractivity (Wildman–Crippen MR) is 77.7 cm³/mol. The van der Waals surface area contributed by atoms with E-state index in [0.717, 1.165) is 30.0 Å². The largest absolute Gasteiger partial charge is 0.493 e. The highest BCUT2D eigenvalue weighted by Gasteiger charge is 2.18. The van der Waals surface area contributed by atoms with Crippen LogP contribution in [0.5, 0.6) is 5.75 Å². The highest BCUT2D eigenvalue weighted by Crippen LogP contribution is 2.26. The fraction of sp³-hybridized carbons (Fsp3) is 0.571. The number of methoxy groups -OCH3 is 1. The van der Waals surface area contributed by atoms with E-state index < -0.39 is 0 Å². The van der Waals surface area contributed by atoms with Crippen molar-refractivity contribution in [1.82, 2.24) is 19.6 Å². The maximum Gasteiger partial charge on any atom is 0.161 e. The maximum atomic E-state index is 6.30. The van der Waals surface area contributed by atoms with Crippen LogP contribution in [0.3, 0.4) is 0 Å². The molecule has 2 aromatic rings. The summed E-state index contributed by atoms with van der Waals surface area (Å²) in [6.45, 7) is 4.13. The SMILES string of the molecule is COc1cnn(C)c1C(N)CCc1c(C)nn(C)c1C. The van der Waals surface area contributed by atoms with E-state index in [1.165, 1.54) is 11.3 Å². The Morgan fingerprint density at radius 3 is 2.55 bits per heavy atom. The van der Waals surface area contributed by atoms with Crippen molar-refractivity contribution in [1.29, 1.82) is 0 Å². The van der Waals surface area contributed by atoms with E-state index in [1.807, 2.05) is 25.7 Å². The summed E-state index contributed by atoms with van der Waals surface area (Å²) in [4.78, 5) is 0. The highest BCUT2D eigenvalue weighted by molar-refractivity contribution is 5.29. The summed E-state index contributed by atoms with van der Waals surface area (Å²) >= 11 is 0. The molecule has 6 nitrogen and oxygen atoms in total. The molecule has 1 unspecified atom stereocenters. The van der Waals surface area contributed by atoms with Gasteiger partial charge in [0.15, 0.2) is 5.75 Å². The van der Waals surface area contributed by atoms with Crippen molar-refractivity contribution >= 4 is 0 Å². The van der Waals surface area contributed by atoms with Crippen LogP contribution in [0.2, 0.25) is 0 Å². The number of nitrogens with two attached hydrogens (primary N) is 1. The maximum absolute atomic E-state index is 6.30. The molecule has 0 aliphatic heterocycles. The molecule has 2 N–H and O–H groups in total. The smallest absolute Gasteiger partial charge is 0.161 e. The highest BCUT2D eigenvalue weighted by atomic mass is 16.5. The van der Waals surface area contributed by atoms with E-state index in [-0.39, 0.29) is 6.04 Å². The van der Waals surface area contributed by atoms with Crippen molar-refractivity contribution in [2.75, 3.05) is 7.11 Å². The lowest BCUT2D eigenvalue weighted by Crippen LogP contribution is -2.16. The van der Waals surface area contributed by atoms with Crippen LogP contribution in [-0.2, 0) is 20.5 Å². The number of aryl methyl sites for hydroxylation is 3. The first-order valence-electron chi connectivity index (χ1n) is 6.76. The monoisotopic (exact) mass is 277 g/mol. The Balaban J connectivity index is 2.12. The molecule has 0 amide bonds. The van der Waals surface area contributed by atoms with Gasteiger partial charge in [-0.2, -0.15) is 10.2 Å². The molecule has 20 heavy (non-hydrogen) atoms. The number of hydrogen-bond donors (Lipinski definition) is 1. The molecule has 0 bridgehead atoms. The Morgan fingerprint density at radius 2 is 2.00 bits per heavy atom. The molecule has 0 saturated carbocycles. The van der Waals surface area contributed by atoms with Gasteiger partial charge in [0.2, 0.25) is 0 Å². The van der Waals surface area contributed by atoms with Gasteiger partial charge in [0.1, 0.15) is 0 Å². The molecule has 2 rings (SSSR count). The molecule has 0 aromatic carbocycles. The van der Waals surface area contributed by atoms with Gasteiger partial charge < -0.3 is 10.5 Å². The molecule has 2 aromatic heterocycles. The van der Waals surface area contributed by atoms with E-state index >= 15 is 0 Å². The number of aromatic nitrogens is 4. The summed E-state index contributed by atoms with van der Waals surface area (Å²) in [5.74, 6) is 0.750. The Kier molecular flexibility index (Phi) is 4.13. The second-order valence-corrected chi connectivity index (χ2v) is 5.14. The van der Waals surface area contributed by atoms with E-state index in [0.29, 0.717) is 0 Å². The summed E-state index contributed by atoms with van der Waals surface area (Å²) in [5, 5.41) is 8.63. The van der Waals surface area contributed by atoms with Gasteiger partial charge in [-0.1, -0.05) is 0 Å². The first-order valence-corrected chi connectivity index (χ1v) is 6.76. The third kappa shape index (κ3) is 2.56. The van der Waals surface area contributed by atoms with E-state index in [1.54, 1.807) is 18.0 Å². The molecule has 1 atom stereocenters. The van der Waals surface area contributed by atoms with Crippen LogP contribution >= 0.6 is 0 Å². The Hall–Kier alpha value is -1.82. The van der Waals surface area contributed by atoms with Crippen LogP contribution in [0, 0.1) is 13.8 Å². The first kappa shape index (κ1) is 14.6. The lowest BCUT2D eigenvalue weighted by Gasteiger charge is -2.14. The summed E-state index contributed by atoms with van der Waals surface area (Å²) in [7, 11) is 5.50. The Morgan fingerprint density at radius 1 is 1.30 bits per heavy atom. The van der Waals surface area contributed by atoms with Gasteiger partial charge in [0.05, 0.1) is 30.7 Å². The third-order valence-corrected chi connectivity index (χ3v) is 3.88. The van der Waals surface area contributed by atoms with Crippen molar-refractivity contribution in [3.05, 3.63) is 28.8 Å².